The molecule has 0 heterocycles. The Hall–Kier alpha value is -1.55. The normalized spacial score (nSPS) is 23.0. The lowest BCUT2D eigenvalue weighted by Crippen LogP contribution is -2.29. The zero-order valence-corrected chi connectivity index (χ0v) is 10.6. The van der Waals surface area contributed by atoms with Crippen LogP contribution in [0.2, 0.25) is 0 Å². The van der Waals surface area contributed by atoms with Crippen molar-refractivity contribution in [1.82, 2.24) is 5.32 Å². The first kappa shape index (κ1) is 12.9. The molecule has 4 N–H and O–H groups in total. The smallest absolute Gasteiger partial charge is 0.251 e. The lowest BCUT2D eigenvalue weighted by atomic mass is 10.1. The van der Waals surface area contributed by atoms with Crippen LogP contribution < -0.4 is 11.1 Å². The Morgan fingerprint density at radius 2 is 2.28 bits per heavy atom. The van der Waals surface area contributed by atoms with Gasteiger partial charge in [-0.05, 0) is 44.2 Å². The van der Waals surface area contributed by atoms with Crippen LogP contribution >= 0.6 is 0 Å². The maximum atomic E-state index is 12.0. The number of rotatable bonds is 3. The van der Waals surface area contributed by atoms with Crippen LogP contribution in [0.5, 0.6) is 5.75 Å². The third-order valence-electron chi connectivity index (χ3n) is 3.68. The SMILES string of the molecule is Cc1c(O)cccc1C(=O)NCC1CCC(N)C1. The summed E-state index contributed by atoms with van der Waals surface area (Å²) in [7, 11) is 0. The van der Waals surface area contributed by atoms with Crippen molar-refractivity contribution >= 4 is 5.91 Å². The summed E-state index contributed by atoms with van der Waals surface area (Å²) in [5.41, 5.74) is 7.00. The molecule has 1 amide bonds. The van der Waals surface area contributed by atoms with Gasteiger partial charge in [-0.25, -0.2) is 0 Å². The minimum absolute atomic E-state index is 0.121. The van der Waals surface area contributed by atoms with Crippen molar-refractivity contribution in [3.8, 4) is 5.75 Å². The number of hydrogen-bond acceptors (Lipinski definition) is 3. The molecule has 1 saturated carbocycles. The second-order valence-electron chi connectivity index (χ2n) is 5.10. The minimum atomic E-state index is -0.121. The molecule has 2 rings (SSSR count). The average molecular weight is 248 g/mol. The highest BCUT2D eigenvalue weighted by molar-refractivity contribution is 5.96. The Morgan fingerprint density at radius 3 is 2.94 bits per heavy atom. The quantitative estimate of drug-likeness (QED) is 0.759. The van der Waals surface area contributed by atoms with E-state index >= 15 is 0 Å². The third kappa shape index (κ3) is 2.82. The van der Waals surface area contributed by atoms with Gasteiger partial charge in [-0.2, -0.15) is 0 Å². The van der Waals surface area contributed by atoms with Gasteiger partial charge in [0.25, 0.3) is 5.91 Å². The van der Waals surface area contributed by atoms with Gasteiger partial charge in [-0.15, -0.1) is 0 Å². The molecule has 0 spiro atoms. The molecule has 1 aromatic carbocycles. The van der Waals surface area contributed by atoms with E-state index in [0.29, 0.717) is 23.6 Å². The molecule has 0 aliphatic heterocycles. The van der Waals surface area contributed by atoms with Gasteiger partial charge in [0.2, 0.25) is 0 Å². The van der Waals surface area contributed by atoms with Crippen LogP contribution in [0.25, 0.3) is 0 Å². The molecule has 2 unspecified atom stereocenters. The van der Waals surface area contributed by atoms with E-state index < -0.39 is 0 Å². The van der Waals surface area contributed by atoms with Crippen LogP contribution in [-0.2, 0) is 0 Å². The lowest BCUT2D eigenvalue weighted by molar-refractivity contribution is 0.0946. The molecule has 0 aromatic heterocycles. The molecule has 1 aliphatic rings. The summed E-state index contributed by atoms with van der Waals surface area (Å²) < 4.78 is 0. The second kappa shape index (κ2) is 5.40. The number of nitrogens with one attached hydrogen (secondary N) is 1. The number of carbonyl (C=O) groups excluding carboxylic acids is 1. The topological polar surface area (TPSA) is 75.3 Å². The predicted octanol–water partition coefficient (Wildman–Crippen LogP) is 1.56. The zero-order valence-electron chi connectivity index (χ0n) is 10.6. The highest BCUT2D eigenvalue weighted by atomic mass is 16.3. The fourth-order valence-corrected chi connectivity index (χ4v) is 2.50. The Bertz CT molecular complexity index is 445. The van der Waals surface area contributed by atoms with Gasteiger partial charge in [-0.3, -0.25) is 4.79 Å². The predicted molar refractivity (Wildman–Crippen MR) is 70.5 cm³/mol. The second-order valence-corrected chi connectivity index (χ2v) is 5.10. The van der Waals surface area contributed by atoms with Gasteiger partial charge in [0, 0.05) is 23.7 Å². The van der Waals surface area contributed by atoms with Crippen molar-refractivity contribution in [3.63, 3.8) is 0 Å². The Kier molecular flexibility index (Phi) is 3.87. The van der Waals surface area contributed by atoms with Gasteiger partial charge in [0.15, 0.2) is 0 Å². The van der Waals surface area contributed by atoms with Gasteiger partial charge < -0.3 is 16.2 Å². The molecule has 1 aromatic rings. The maximum Gasteiger partial charge on any atom is 0.251 e. The first-order chi connectivity index (χ1) is 8.58. The van der Waals surface area contributed by atoms with Crippen LogP contribution in [0.15, 0.2) is 18.2 Å². The van der Waals surface area contributed by atoms with Gasteiger partial charge in [0.05, 0.1) is 0 Å². The van der Waals surface area contributed by atoms with E-state index in [0.717, 1.165) is 19.3 Å². The van der Waals surface area contributed by atoms with Crippen LogP contribution in [0.4, 0.5) is 0 Å². The van der Waals surface area contributed by atoms with Crippen molar-refractivity contribution in [2.75, 3.05) is 6.54 Å². The summed E-state index contributed by atoms with van der Waals surface area (Å²) in [6.07, 6.45) is 3.12. The van der Waals surface area contributed by atoms with E-state index in [9.17, 15) is 9.90 Å². The molecule has 4 nitrogen and oxygen atoms in total. The molecule has 1 fully saturated rings. The molecular weight excluding hydrogens is 228 g/mol. The van der Waals surface area contributed by atoms with E-state index in [4.69, 9.17) is 5.73 Å². The lowest BCUT2D eigenvalue weighted by Gasteiger charge is -2.12. The van der Waals surface area contributed by atoms with Gasteiger partial charge >= 0.3 is 0 Å². The fourth-order valence-electron chi connectivity index (χ4n) is 2.50. The highest BCUT2D eigenvalue weighted by Gasteiger charge is 2.22. The molecule has 98 valence electrons. The minimum Gasteiger partial charge on any atom is -0.508 e. The summed E-state index contributed by atoms with van der Waals surface area (Å²) in [5, 5.41) is 12.5. The maximum absolute atomic E-state index is 12.0. The summed E-state index contributed by atoms with van der Waals surface area (Å²) >= 11 is 0. The van der Waals surface area contributed by atoms with E-state index in [1.807, 2.05) is 0 Å². The molecule has 2 atom stereocenters. The van der Waals surface area contributed by atoms with E-state index in [2.05, 4.69) is 5.32 Å². The number of phenolic OH excluding ortho intramolecular Hbond substituents is 1. The van der Waals surface area contributed by atoms with Crippen molar-refractivity contribution in [1.29, 1.82) is 0 Å². The highest BCUT2D eigenvalue weighted by Crippen LogP contribution is 2.24. The van der Waals surface area contributed by atoms with Crippen molar-refractivity contribution in [2.24, 2.45) is 11.7 Å². The third-order valence-corrected chi connectivity index (χ3v) is 3.68. The van der Waals surface area contributed by atoms with Crippen molar-refractivity contribution < 1.29 is 9.90 Å². The first-order valence-electron chi connectivity index (χ1n) is 6.40. The molecule has 1 aliphatic carbocycles. The molecule has 18 heavy (non-hydrogen) atoms. The summed E-state index contributed by atoms with van der Waals surface area (Å²) in [5.74, 6) is 0.524. The monoisotopic (exact) mass is 248 g/mol. The Labute approximate surface area is 107 Å². The van der Waals surface area contributed by atoms with Crippen molar-refractivity contribution in [3.05, 3.63) is 29.3 Å². The van der Waals surface area contributed by atoms with Gasteiger partial charge in [0.1, 0.15) is 5.75 Å². The largest absolute Gasteiger partial charge is 0.508 e. The fraction of sp³-hybridized carbons (Fsp3) is 0.500. The standard InChI is InChI=1S/C14H20N2O2/c1-9-12(3-2-4-13(9)17)14(18)16-8-10-5-6-11(15)7-10/h2-4,10-11,17H,5-8,15H2,1H3,(H,16,18). The molecule has 0 bridgehead atoms. The molecular formula is C14H20N2O2. The van der Waals surface area contributed by atoms with Crippen molar-refractivity contribution in [2.45, 2.75) is 32.2 Å². The average Bonchev–Trinajstić information content (AvgIpc) is 2.76. The Balaban J connectivity index is 1.94. The number of amides is 1. The molecule has 0 saturated heterocycles. The first-order valence-corrected chi connectivity index (χ1v) is 6.40. The number of nitrogens with two attached hydrogens (primary N) is 1. The zero-order chi connectivity index (χ0) is 13.1. The number of phenols is 1. The summed E-state index contributed by atoms with van der Waals surface area (Å²) in [6, 6.07) is 5.28. The van der Waals surface area contributed by atoms with E-state index in [1.54, 1.807) is 25.1 Å². The molecule has 4 heteroatoms. The van der Waals surface area contributed by atoms with Crippen LogP contribution in [-0.4, -0.2) is 23.6 Å². The number of aromatic hydroxyl groups is 1. The van der Waals surface area contributed by atoms with Gasteiger partial charge in [-0.1, -0.05) is 6.07 Å². The van der Waals surface area contributed by atoms with E-state index in [-0.39, 0.29) is 17.7 Å². The number of hydrogen-bond donors (Lipinski definition) is 3. The Morgan fingerprint density at radius 1 is 1.50 bits per heavy atom. The van der Waals surface area contributed by atoms with Crippen LogP contribution in [0, 0.1) is 12.8 Å². The number of benzene rings is 1. The summed E-state index contributed by atoms with van der Waals surface area (Å²) in [6.45, 7) is 2.41. The van der Waals surface area contributed by atoms with Crippen LogP contribution in [0.3, 0.4) is 0 Å². The molecule has 0 radical (unpaired) electrons. The van der Waals surface area contributed by atoms with Crippen LogP contribution in [0.1, 0.15) is 35.2 Å². The summed E-state index contributed by atoms with van der Waals surface area (Å²) in [4.78, 5) is 12.0. The van der Waals surface area contributed by atoms with E-state index in [1.165, 1.54) is 0 Å². The number of carbonyl (C=O) groups is 1.